The van der Waals surface area contributed by atoms with Gasteiger partial charge in [-0.15, -0.1) is 0 Å². The van der Waals surface area contributed by atoms with Crippen molar-refractivity contribution in [3.63, 3.8) is 0 Å². The molecular weight excluding hydrogens is 516 g/mol. The number of imidazole rings is 1. The highest BCUT2D eigenvalue weighted by Gasteiger charge is 2.23. The van der Waals surface area contributed by atoms with E-state index in [-0.39, 0.29) is 11.7 Å². The van der Waals surface area contributed by atoms with E-state index < -0.39 is 0 Å². The molecule has 4 aromatic carbocycles. The second-order valence-corrected chi connectivity index (χ2v) is 11.2. The van der Waals surface area contributed by atoms with Crippen LogP contribution in [0.15, 0.2) is 103 Å². The molecule has 5 nitrogen and oxygen atoms in total. The van der Waals surface area contributed by atoms with E-state index in [9.17, 15) is 5.11 Å². The summed E-state index contributed by atoms with van der Waals surface area (Å²) in [6.45, 7) is 8.57. The van der Waals surface area contributed by atoms with Crippen LogP contribution in [0.5, 0.6) is 5.75 Å². The van der Waals surface area contributed by atoms with E-state index in [1.54, 1.807) is 12.3 Å². The predicted octanol–water partition coefficient (Wildman–Crippen LogP) is 9.25. The van der Waals surface area contributed by atoms with Crippen LogP contribution in [0.1, 0.15) is 56.2 Å². The monoisotopic (exact) mass is 548 g/mol. The number of nitriles is 1. The van der Waals surface area contributed by atoms with Crippen LogP contribution in [0.4, 0.5) is 0 Å². The van der Waals surface area contributed by atoms with Gasteiger partial charge in [0.05, 0.1) is 27.9 Å². The lowest BCUT2D eigenvalue weighted by Crippen LogP contribution is -2.01. The third-order valence-corrected chi connectivity index (χ3v) is 7.75. The first kappa shape index (κ1) is 27.0. The predicted molar refractivity (Wildman–Crippen MR) is 170 cm³/mol. The number of phenols is 1. The average molecular weight is 549 g/mol. The molecule has 5 heteroatoms. The summed E-state index contributed by atoms with van der Waals surface area (Å²) in [7, 11) is 0. The van der Waals surface area contributed by atoms with Crippen LogP contribution >= 0.6 is 0 Å². The number of pyridine rings is 1. The molecule has 6 aromatic rings. The molecule has 0 aliphatic rings. The standard InChI is InChI=1S/C37H32N4O/c1-23(2)28-19-31(24(3)4)36(42)32(20-28)37-40-35-30(14-9-15-34(35)41(37)29-12-6-5-7-13-29)26-10-8-11-27(18-26)33-17-16-25(21-38)22-39-33/h5-20,22-24,42H,1-4H3. The number of phenolic OH excluding ortho intramolecular Hbond substituents is 1. The quantitative estimate of drug-likeness (QED) is 0.225. The van der Waals surface area contributed by atoms with Gasteiger partial charge in [-0.25, -0.2) is 4.98 Å². The zero-order valence-corrected chi connectivity index (χ0v) is 24.2. The van der Waals surface area contributed by atoms with E-state index in [0.717, 1.165) is 50.2 Å². The highest BCUT2D eigenvalue weighted by molar-refractivity contribution is 5.96. The van der Waals surface area contributed by atoms with Crippen molar-refractivity contribution in [1.29, 1.82) is 5.26 Å². The highest BCUT2D eigenvalue weighted by Crippen LogP contribution is 2.42. The van der Waals surface area contributed by atoms with Crippen molar-refractivity contribution in [3.05, 3.63) is 120 Å². The maximum absolute atomic E-state index is 11.6. The molecule has 0 fully saturated rings. The lowest BCUT2D eigenvalue weighted by atomic mass is 9.91. The Morgan fingerprint density at radius 3 is 2.21 bits per heavy atom. The fraction of sp³-hybridized carbons (Fsp3) is 0.162. The van der Waals surface area contributed by atoms with Crippen LogP contribution in [0.25, 0.3) is 50.5 Å². The molecule has 0 radical (unpaired) electrons. The molecule has 0 aliphatic carbocycles. The Morgan fingerprint density at radius 1 is 0.762 bits per heavy atom. The first-order valence-corrected chi connectivity index (χ1v) is 14.3. The minimum absolute atomic E-state index is 0.158. The number of hydrogen-bond donors (Lipinski definition) is 1. The second kappa shape index (κ2) is 11.0. The summed E-state index contributed by atoms with van der Waals surface area (Å²) >= 11 is 0. The molecule has 0 saturated carbocycles. The van der Waals surface area contributed by atoms with Crippen molar-refractivity contribution in [1.82, 2.24) is 14.5 Å². The maximum Gasteiger partial charge on any atom is 0.149 e. The summed E-state index contributed by atoms with van der Waals surface area (Å²) < 4.78 is 2.15. The second-order valence-electron chi connectivity index (χ2n) is 11.2. The normalized spacial score (nSPS) is 11.4. The van der Waals surface area contributed by atoms with Crippen LogP contribution in [0.3, 0.4) is 0 Å². The first-order chi connectivity index (χ1) is 20.4. The van der Waals surface area contributed by atoms with Gasteiger partial charge in [-0.2, -0.15) is 5.26 Å². The topological polar surface area (TPSA) is 74.7 Å². The molecule has 2 heterocycles. The summed E-state index contributed by atoms with van der Waals surface area (Å²) in [6.07, 6.45) is 1.60. The molecule has 0 saturated heterocycles. The molecule has 6 rings (SSSR count). The molecule has 0 aliphatic heterocycles. The number of fused-ring (bicyclic) bond motifs is 1. The van der Waals surface area contributed by atoms with Gasteiger partial charge >= 0.3 is 0 Å². The number of aromatic hydroxyl groups is 1. The number of aromatic nitrogens is 3. The van der Waals surface area contributed by atoms with Crippen LogP contribution in [0, 0.1) is 11.3 Å². The summed E-state index contributed by atoms with van der Waals surface area (Å²) in [5, 5.41) is 20.8. The SMILES string of the molecule is CC(C)c1cc(-c2nc3c(-c4cccc(-c5ccc(C#N)cn5)c4)cccc3n2-c2ccccc2)c(O)c(C(C)C)c1. The molecule has 206 valence electrons. The van der Waals surface area contributed by atoms with Gasteiger partial charge in [-0.1, -0.05) is 82.3 Å². The van der Waals surface area contributed by atoms with Crippen molar-refractivity contribution >= 4 is 11.0 Å². The minimum atomic E-state index is 0.158. The number of hydrogen-bond acceptors (Lipinski definition) is 4. The Bertz CT molecular complexity index is 1950. The Morgan fingerprint density at radius 2 is 1.52 bits per heavy atom. The zero-order chi connectivity index (χ0) is 29.4. The lowest BCUT2D eigenvalue weighted by Gasteiger charge is -2.18. The summed E-state index contributed by atoms with van der Waals surface area (Å²) in [5.41, 5.74) is 9.89. The maximum atomic E-state index is 11.6. The molecule has 0 bridgehead atoms. The largest absolute Gasteiger partial charge is 0.507 e. The number of benzene rings is 4. The molecule has 0 atom stereocenters. The third-order valence-electron chi connectivity index (χ3n) is 7.75. The molecule has 1 N–H and O–H groups in total. The van der Waals surface area contributed by atoms with E-state index in [1.165, 1.54) is 5.56 Å². The Hall–Kier alpha value is -5.21. The van der Waals surface area contributed by atoms with Gasteiger partial charge in [-0.3, -0.25) is 9.55 Å². The van der Waals surface area contributed by atoms with Crippen molar-refractivity contribution < 1.29 is 5.11 Å². The third kappa shape index (κ3) is 4.82. The summed E-state index contributed by atoms with van der Waals surface area (Å²) in [5.74, 6) is 1.43. The Balaban J connectivity index is 1.61. The molecular formula is C37H32N4O. The van der Waals surface area contributed by atoms with E-state index in [2.05, 4.69) is 97.9 Å². The van der Waals surface area contributed by atoms with Gasteiger partial charge in [0.1, 0.15) is 17.6 Å². The Labute approximate surface area is 246 Å². The van der Waals surface area contributed by atoms with Crippen molar-refractivity contribution in [2.24, 2.45) is 0 Å². The van der Waals surface area contributed by atoms with Crippen molar-refractivity contribution in [3.8, 4) is 51.3 Å². The van der Waals surface area contributed by atoms with Crippen LogP contribution in [-0.4, -0.2) is 19.6 Å². The van der Waals surface area contributed by atoms with Crippen LogP contribution in [-0.2, 0) is 0 Å². The van der Waals surface area contributed by atoms with E-state index >= 15 is 0 Å². The average Bonchev–Trinajstić information content (AvgIpc) is 3.41. The first-order valence-electron chi connectivity index (χ1n) is 14.3. The Kier molecular flexibility index (Phi) is 7.06. The molecule has 0 spiro atoms. The van der Waals surface area contributed by atoms with Crippen molar-refractivity contribution in [2.45, 2.75) is 39.5 Å². The number of para-hydroxylation sites is 2. The van der Waals surface area contributed by atoms with Crippen LogP contribution in [0.2, 0.25) is 0 Å². The van der Waals surface area contributed by atoms with Gasteiger partial charge in [0.2, 0.25) is 0 Å². The van der Waals surface area contributed by atoms with Gasteiger partial charge < -0.3 is 5.11 Å². The highest BCUT2D eigenvalue weighted by atomic mass is 16.3. The van der Waals surface area contributed by atoms with Crippen LogP contribution < -0.4 is 0 Å². The minimum Gasteiger partial charge on any atom is -0.507 e. The summed E-state index contributed by atoms with van der Waals surface area (Å²) in [6, 6.07) is 34.6. The van der Waals surface area contributed by atoms with Gasteiger partial charge in [-0.05, 0) is 71.0 Å². The molecule has 0 unspecified atom stereocenters. The fourth-order valence-electron chi connectivity index (χ4n) is 5.45. The molecule has 0 amide bonds. The van der Waals surface area contributed by atoms with E-state index in [1.807, 2.05) is 36.4 Å². The summed E-state index contributed by atoms with van der Waals surface area (Å²) in [4.78, 5) is 9.77. The molecule has 42 heavy (non-hydrogen) atoms. The lowest BCUT2D eigenvalue weighted by molar-refractivity contribution is 0.466. The van der Waals surface area contributed by atoms with Gasteiger partial charge in [0.25, 0.3) is 0 Å². The smallest absolute Gasteiger partial charge is 0.149 e. The fourth-order valence-corrected chi connectivity index (χ4v) is 5.45. The van der Waals surface area contributed by atoms with Crippen molar-refractivity contribution in [2.75, 3.05) is 0 Å². The van der Waals surface area contributed by atoms with Gasteiger partial charge in [0, 0.05) is 23.0 Å². The van der Waals surface area contributed by atoms with E-state index in [4.69, 9.17) is 10.2 Å². The number of rotatable bonds is 6. The number of nitrogens with zero attached hydrogens (tertiary/aromatic N) is 4. The molecule has 2 aromatic heterocycles. The van der Waals surface area contributed by atoms with Gasteiger partial charge in [0.15, 0.2) is 0 Å². The van der Waals surface area contributed by atoms with E-state index in [0.29, 0.717) is 17.3 Å². The zero-order valence-electron chi connectivity index (χ0n) is 24.2.